The molecule has 1 aromatic heterocycles. The van der Waals surface area contributed by atoms with Gasteiger partial charge in [0.1, 0.15) is 102 Å². The lowest BCUT2D eigenvalue weighted by molar-refractivity contribution is -0.0581. The van der Waals surface area contributed by atoms with Gasteiger partial charge in [0.15, 0.2) is 29.7 Å². The molecule has 18 N–H and O–H groups in total. The fourth-order valence-corrected chi connectivity index (χ4v) is 18.9. The predicted molar refractivity (Wildman–Crippen MR) is 489 cm³/mol. The summed E-state index contributed by atoms with van der Waals surface area (Å²) < 4.78 is 38.8. The van der Waals surface area contributed by atoms with Gasteiger partial charge in [0.05, 0.1) is 45.1 Å². The molecule has 0 saturated carbocycles. The minimum atomic E-state index is -1.24. The number of hydrogen-bond donors (Lipinski definition) is 14. The predicted octanol–water partition coefficient (Wildman–Crippen LogP) is 5.25. The van der Waals surface area contributed by atoms with Gasteiger partial charge in [0.2, 0.25) is 0 Å². The van der Waals surface area contributed by atoms with Crippen LogP contribution in [0.2, 0.25) is 0 Å². The summed E-state index contributed by atoms with van der Waals surface area (Å²) in [6.45, 7) is 34.4. The largest absolute Gasteiger partial charge is 0.398 e. The Morgan fingerprint density at radius 3 is 1.23 bits per heavy atom. The van der Waals surface area contributed by atoms with Gasteiger partial charge in [-0.3, -0.25) is 0 Å². The van der Waals surface area contributed by atoms with E-state index in [0.717, 1.165) is 48.5 Å². The number of aliphatic imine (C=N–C) groups is 3. The highest BCUT2D eigenvalue weighted by atomic mass is 79.9. The van der Waals surface area contributed by atoms with E-state index in [1.54, 1.807) is 69.1 Å². The summed E-state index contributed by atoms with van der Waals surface area (Å²) in [7, 11) is 3.47. The highest BCUT2D eigenvalue weighted by Crippen LogP contribution is 2.46. The number of halogens is 2. The van der Waals surface area contributed by atoms with Gasteiger partial charge in [-0.1, -0.05) is 32.2 Å². The van der Waals surface area contributed by atoms with E-state index >= 15 is 0 Å². The number of nitrogens with two attached hydrogens (primary N) is 4. The Morgan fingerprint density at radius 2 is 0.861 bits per heavy atom. The smallest absolute Gasteiger partial charge is 0.199 e. The lowest BCUT2D eigenvalue weighted by Gasteiger charge is -2.32. The molecule has 0 spiro atoms. The van der Waals surface area contributed by atoms with E-state index in [4.69, 9.17) is 68.7 Å². The number of hydrogen-bond acceptors (Lipinski definition) is 29. The zero-order chi connectivity index (χ0) is 86.8. The summed E-state index contributed by atoms with van der Waals surface area (Å²) in [5.41, 5.74) is 27.3. The van der Waals surface area contributed by atoms with Crippen LogP contribution < -0.4 is 22.9 Å². The monoisotopic (exact) mass is 1850 g/mol. The quantitative estimate of drug-likeness (QED) is 0.0378. The van der Waals surface area contributed by atoms with Crippen molar-refractivity contribution in [2.45, 2.75) is 175 Å². The van der Waals surface area contributed by atoms with Crippen LogP contribution in [0.3, 0.4) is 0 Å². The molecular weight excluding hydrogens is 1720 g/mol. The summed E-state index contributed by atoms with van der Waals surface area (Å²) in [4.78, 5) is 23.2. The first-order chi connectivity index (χ1) is 53.1. The van der Waals surface area contributed by atoms with Gasteiger partial charge in [0, 0.05) is 86.4 Å². The second kappa shape index (κ2) is 42.0. The molecule has 9 aliphatic rings. The second-order valence-electron chi connectivity index (χ2n) is 33.3. The molecule has 10 rings (SSSR count). The van der Waals surface area contributed by atoms with Gasteiger partial charge in [0.25, 0.3) is 0 Å². The number of nitrogens with zero attached hydrogens (tertiary/aromatic N) is 9. The first kappa shape index (κ1) is 99.6. The van der Waals surface area contributed by atoms with Crippen LogP contribution in [0.1, 0.15) is 62.8 Å². The molecule has 0 amide bonds. The van der Waals surface area contributed by atoms with E-state index in [9.17, 15) is 46.0 Å². The number of aromatic nitrogens is 2. The van der Waals surface area contributed by atoms with Crippen LogP contribution in [0.5, 0.6) is 0 Å². The molecule has 5 saturated heterocycles. The Kier molecular flexibility index (Phi) is 36.4. The fraction of sp³-hybridized carbons (Fsp3) is 0.590. The molecule has 0 unspecified atom stereocenters. The first-order valence-electron chi connectivity index (χ1n) is 37.6. The Balaban J connectivity index is 0.000000224. The van der Waals surface area contributed by atoms with Crippen LogP contribution in [-0.4, -0.2) is 357 Å². The SMILES string of the molecule is C=C1C=C(N)C(Br)=CN1[C@@H]1O[C@H](CCP(=C)(C)C)[C@@H](O)[C@H]1O.C=C1N=C(N)C(Br)=CN1[C@@H]1O[C@H](CCP(=C)(C)C)[C@@H](O)[C@H]1O.C=C1N=C(N)C(C#CC)=CN1[C@@H]1O[C@H](CCP(=C)(C)C)[C@@H](O)[C@H]1O.C=C1N=C(N)C(CCO)=CN1[C@@H]1O[C@H](CCP(=C)(C)C)[C@@H](O)[C@H]1O.C=P(C)(C)CC[C@H]1O[C@@H](c2cn(C)c(=S)nc2C)[C@H](OC)[C@@H]1O. The van der Waals surface area contributed by atoms with Crippen LogP contribution in [-0.2, 0) is 35.5 Å². The van der Waals surface area contributed by atoms with Gasteiger partial charge < -0.3 is 127 Å². The molecule has 5 fully saturated rings. The normalized spacial score (nSPS) is 31.1. The van der Waals surface area contributed by atoms with Crippen molar-refractivity contribution >= 4 is 128 Å². The fourth-order valence-electron chi connectivity index (χ4n) is 13.3. The molecule has 0 radical (unpaired) electrons. The van der Waals surface area contributed by atoms with Crippen molar-refractivity contribution in [3.63, 3.8) is 0 Å². The first-order valence-corrected chi connectivity index (χ1v) is 54.8. The molecular formula is C78H128Br2N13O16P5S. The average Bonchev–Trinajstić information content (AvgIpc) is 1.70. The Bertz CT molecular complexity index is 4240. The molecule has 10 heterocycles. The molecule has 0 bridgehead atoms. The number of amidine groups is 3. The maximum Gasteiger partial charge on any atom is 0.199 e. The van der Waals surface area contributed by atoms with Crippen LogP contribution in [0.25, 0.3) is 0 Å². The van der Waals surface area contributed by atoms with Gasteiger partial charge >= 0.3 is 0 Å². The molecule has 29 nitrogen and oxygen atoms in total. The molecule has 37 heteroatoms. The minimum Gasteiger partial charge on any atom is -0.398 e. The van der Waals surface area contributed by atoms with Gasteiger partial charge in [-0.2, -0.15) is 0 Å². The van der Waals surface area contributed by atoms with Crippen LogP contribution in [0.4, 0.5) is 0 Å². The number of aliphatic hydroxyl groups excluding tert-OH is 10. The molecule has 0 aliphatic carbocycles. The lowest BCUT2D eigenvalue weighted by Crippen LogP contribution is -2.42. The lowest BCUT2D eigenvalue weighted by atomic mass is 10.0. The third-order valence-corrected chi connectivity index (χ3v) is 28.9. The standard InChI is InChI=1S/C17H26N3O3P.C16H28N3O4P.C16H27N2O3PS.C15H24BrN2O3P.C14H23BrN3O3P/c1-6-7-12-10-20(11(2)19-16(12)18)17-15(22)14(21)13(23-17)8-9-24(3,4)5;1-10-18-15(17)11(5-7-20)9-19(10)16-14(22)13(21)12(23-16)6-8-24(2,3)4;1-10-11(9-18(2)16(23)17-10)14-15(20-3)13(19)12(21-14)7-8-22(4,5)6;1-9-7-11(17)10(16)8-18(9)15-14(20)13(19)12(21-15)5-6-22(2,3)4;1-8-17-13(16)9(15)7-18(8)14-12(20)11(19)10(21-14)5-6-22(2,3)4/h10,13-15,17,21-22H,2-3,8-9H2,1,4-5H3,(H2,18,19);9,12-14,16,20-22H,1-2,5-8H2,3-4H3,(H2,17,18);9,12-15,19H,4,7-8H2,1-3,5-6H3;7-8,12-15,19-20H,1-2,5-6,17H2,3-4H3;7,10-12,14,19-20H,1-2,5-6H2,3-4H3,(H2,16,17)/t13-,14-,15-,17-;12-,13-,14-,16-;12-,13-,14+,15-;12-,13-,14-,15-;10-,11-,12-,14-/m11111/s1. The Hall–Kier alpha value is -4.25. The topological polar surface area (TPSA) is 430 Å². The highest BCUT2D eigenvalue weighted by molar-refractivity contribution is 9.12. The van der Waals surface area contributed by atoms with Crippen molar-refractivity contribution in [2.75, 3.05) is 111 Å². The number of aryl methyl sites for hydroxylation is 2. The summed E-state index contributed by atoms with van der Waals surface area (Å²) in [6, 6.07) is 0. The summed E-state index contributed by atoms with van der Waals surface area (Å²) >= 11 is 11.8. The summed E-state index contributed by atoms with van der Waals surface area (Å²) in [6.07, 6.45) is 25.2. The van der Waals surface area contributed by atoms with Crippen LogP contribution in [0, 0.1) is 23.5 Å². The second-order valence-corrected chi connectivity index (χ2v) is 57.0. The molecule has 0 aromatic carbocycles. The zero-order valence-electron chi connectivity index (χ0n) is 69.0. The maximum atomic E-state index is 10.6. The number of rotatable bonds is 23. The van der Waals surface area contributed by atoms with E-state index in [0.29, 0.717) is 97.5 Å². The summed E-state index contributed by atoms with van der Waals surface area (Å²) in [5, 5.41) is 102. The molecule has 646 valence electrons. The third kappa shape index (κ3) is 27.9. The van der Waals surface area contributed by atoms with E-state index in [1.165, 1.54) is 0 Å². The number of ether oxygens (including phenoxy) is 6. The van der Waals surface area contributed by atoms with Crippen LogP contribution in [0.15, 0.2) is 127 Å². The molecule has 9 aliphatic heterocycles. The van der Waals surface area contributed by atoms with E-state index < -0.39 is 145 Å². The number of aliphatic hydroxyl groups is 10. The molecule has 20 atom stereocenters. The zero-order valence-corrected chi connectivity index (χ0v) is 77.5. The highest BCUT2D eigenvalue weighted by Gasteiger charge is 2.51. The number of methoxy groups -OCH3 is 1. The Morgan fingerprint density at radius 1 is 0.513 bits per heavy atom. The minimum absolute atomic E-state index is 0.0655. The van der Waals surface area contributed by atoms with Crippen molar-refractivity contribution in [1.29, 1.82) is 0 Å². The van der Waals surface area contributed by atoms with E-state index in [2.05, 4.69) is 188 Å². The molecule has 115 heavy (non-hydrogen) atoms. The van der Waals surface area contributed by atoms with Gasteiger partial charge in [-0.05, 0) is 194 Å². The van der Waals surface area contributed by atoms with Crippen molar-refractivity contribution in [3.8, 4) is 11.8 Å². The van der Waals surface area contributed by atoms with Gasteiger partial charge in [-0.15, -0.1) is 71.8 Å². The van der Waals surface area contributed by atoms with E-state index in [1.807, 2.05) is 20.2 Å². The average molecular weight is 1850 g/mol. The van der Waals surface area contributed by atoms with Crippen LogP contribution >= 0.6 is 78.5 Å². The van der Waals surface area contributed by atoms with Gasteiger partial charge in [-0.25, -0.2) is 20.0 Å². The Labute approximate surface area is 702 Å². The van der Waals surface area contributed by atoms with Crippen molar-refractivity contribution < 1.29 is 79.5 Å². The van der Waals surface area contributed by atoms with E-state index in [-0.39, 0.29) is 24.7 Å². The van der Waals surface area contributed by atoms with Crippen molar-refractivity contribution in [2.24, 2.45) is 45.0 Å². The maximum absolute atomic E-state index is 10.6. The van der Waals surface area contributed by atoms with Crippen molar-refractivity contribution in [1.82, 2.24) is 29.2 Å². The van der Waals surface area contributed by atoms with Crippen molar-refractivity contribution in [3.05, 3.63) is 128 Å². The summed E-state index contributed by atoms with van der Waals surface area (Å²) in [5.74, 6) is 7.55. The number of allylic oxidation sites excluding steroid dienone is 2. The third-order valence-electron chi connectivity index (χ3n) is 19.9. The molecule has 1 aromatic rings.